The van der Waals surface area contributed by atoms with Gasteiger partial charge in [0.1, 0.15) is 0 Å². The lowest BCUT2D eigenvalue weighted by Gasteiger charge is -2.26. The second-order valence-corrected chi connectivity index (χ2v) is 7.01. The molecule has 0 aliphatic carbocycles. The van der Waals surface area contributed by atoms with E-state index in [2.05, 4.69) is 10.6 Å². The number of rotatable bonds is 18. The van der Waals surface area contributed by atoms with Crippen LogP contribution < -0.4 is 10.6 Å². The van der Waals surface area contributed by atoms with Gasteiger partial charge in [-0.05, 0) is 5.56 Å². The number of nitro groups is 1. The normalized spacial score (nSPS) is 11.1. The smallest absolute Gasteiger partial charge is 0.317 e. The zero-order valence-electron chi connectivity index (χ0n) is 17.6. The first-order valence-corrected chi connectivity index (χ1v) is 9.92. The van der Waals surface area contributed by atoms with Crippen LogP contribution in [0.25, 0.3) is 0 Å². The number of hydrogen-bond donors (Lipinski definition) is 5. The summed E-state index contributed by atoms with van der Waals surface area (Å²) >= 11 is 0. The van der Waals surface area contributed by atoms with E-state index < -0.39 is 22.8 Å². The van der Waals surface area contributed by atoms with Gasteiger partial charge < -0.3 is 26.0 Å². The minimum Gasteiger partial charge on any atom is -0.480 e. The predicted molar refractivity (Wildman–Crippen MR) is 113 cm³/mol. The average molecular weight is 455 g/mol. The number of carboxylic acid groups (broad SMARTS) is 3. The molecule has 32 heavy (non-hydrogen) atoms. The number of carboxylic acids is 3. The highest BCUT2D eigenvalue weighted by molar-refractivity contribution is 5.69. The van der Waals surface area contributed by atoms with Crippen molar-refractivity contribution in [3.8, 4) is 0 Å². The Labute approximate surface area is 184 Å². The standard InChI is InChI=1S/C19H29N5O8/c25-17(26)12-21-6-8-23(14-19(29)30)10-9-22(13-18(27)28)7-5-20-11-15-1-3-16(4-2-15)24(31)32/h1-4,20-21H,5-14H2,(H,25,26)(H,27,28)(H,29,30). The molecule has 178 valence electrons. The Balaban J connectivity index is 2.47. The number of nitro benzene ring substituents is 1. The van der Waals surface area contributed by atoms with Gasteiger partial charge in [-0.1, -0.05) is 12.1 Å². The molecule has 0 atom stereocenters. The van der Waals surface area contributed by atoms with Crippen molar-refractivity contribution in [1.29, 1.82) is 0 Å². The fraction of sp³-hybridized carbons (Fsp3) is 0.526. The number of hydrogen-bond acceptors (Lipinski definition) is 9. The Morgan fingerprint density at radius 1 is 0.812 bits per heavy atom. The number of carbonyl (C=O) groups is 3. The molecule has 5 N–H and O–H groups in total. The number of nitrogens with one attached hydrogen (secondary N) is 2. The summed E-state index contributed by atoms with van der Waals surface area (Å²) in [6, 6.07) is 6.11. The molecule has 0 amide bonds. The van der Waals surface area contributed by atoms with Crippen LogP contribution in [0, 0.1) is 10.1 Å². The van der Waals surface area contributed by atoms with Crippen molar-refractivity contribution >= 4 is 23.6 Å². The summed E-state index contributed by atoms with van der Waals surface area (Å²) in [7, 11) is 0. The summed E-state index contributed by atoms with van der Waals surface area (Å²) in [6.45, 7) is 1.85. The number of nitrogens with zero attached hydrogens (tertiary/aromatic N) is 3. The zero-order valence-corrected chi connectivity index (χ0v) is 17.6. The molecular formula is C19H29N5O8. The van der Waals surface area contributed by atoms with Gasteiger partial charge in [0.25, 0.3) is 5.69 Å². The largest absolute Gasteiger partial charge is 0.480 e. The van der Waals surface area contributed by atoms with Gasteiger partial charge in [0, 0.05) is 57.9 Å². The molecule has 0 aliphatic rings. The van der Waals surface area contributed by atoms with Gasteiger partial charge in [-0.2, -0.15) is 0 Å². The van der Waals surface area contributed by atoms with Crippen molar-refractivity contribution in [2.45, 2.75) is 6.54 Å². The Morgan fingerprint density at radius 2 is 1.31 bits per heavy atom. The highest BCUT2D eigenvalue weighted by atomic mass is 16.6. The summed E-state index contributed by atoms with van der Waals surface area (Å²) in [5.41, 5.74) is 0.854. The average Bonchev–Trinajstić information content (AvgIpc) is 2.71. The van der Waals surface area contributed by atoms with Gasteiger partial charge in [0.15, 0.2) is 0 Å². The van der Waals surface area contributed by atoms with Gasteiger partial charge in [-0.3, -0.25) is 34.3 Å². The Morgan fingerprint density at radius 3 is 1.75 bits per heavy atom. The molecule has 0 bridgehead atoms. The highest BCUT2D eigenvalue weighted by Gasteiger charge is 2.14. The van der Waals surface area contributed by atoms with Gasteiger partial charge in [-0.25, -0.2) is 0 Å². The van der Waals surface area contributed by atoms with Crippen LogP contribution in [-0.2, 0) is 20.9 Å². The lowest BCUT2D eigenvalue weighted by Crippen LogP contribution is -2.44. The minimum atomic E-state index is -1.03. The molecule has 0 saturated carbocycles. The Bertz CT molecular complexity index is 759. The molecule has 0 heterocycles. The quantitative estimate of drug-likeness (QED) is 0.105. The van der Waals surface area contributed by atoms with Crippen LogP contribution in [0.5, 0.6) is 0 Å². The van der Waals surface area contributed by atoms with E-state index >= 15 is 0 Å². The third kappa shape index (κ3) is 12.5. The second-order valence-electron chi connectivity index (χ2n) is 7.01. The van der Waals surface area contributed by atoms with Gasteiger partial charge in [0.2, 0.25) is 0 Å². The van der Waals surface area contributed by atoms with Crippen molar-refractivity contribution in [2.24, 2.45) is 0 Å². The maximum atomic E-state index is 11.2. The van der Waals surface area contributed by atoms with E-state index in [1.807, 2.05) is 0 Å². The molecule has 0 aromatic heterocycles. The van der Waals surface area contributed by atoms with E-state index in [1.54, 1.807) is 21.9 Å². The van der Waals surface area contributed by atoms with Gasteiger partial charge >= 0.3 is 17.9 Å². The molecule has 0 saturated heterocycles. The molecule has 0 spiro atoms. The lowest BCUT2D eigenvalue weighted by atomic mass is 10.2. The molecule has 0 unspecified atom stereocenters. The summed E-state index contributed by atoms with van der Waals surface area (Å²) < 4.78 is 0. The molecule has 0 radical (unpaired) electrons. The fourth-order valence-corrected chi connectivity index (χ4v) is 2.84. The van der Waals surface area contributed by atoms with E-state index in [1.165, 1.54) is 12.1 Å². The Kier molecular flexibility index (Phi) is 12.4. The van der Waals surface area contributed by atoms with Crippen LogP contribution >= 0.6 is 0 Å². The van der Waals surface area contributed by atoms with E-state index in [9.17, 15) is 24.5 Å². The number of benzene rings is 1. The highest BCUT2D eigenvalue weighted by Crippen LogP contribution is 2.11. The van der Waals surface area contributed by atoms with Gasteiger partial charge in [-0.15, -0.1) is 0 Å². The van der Waals surface area contributed by atoms with E-state index in [0.29, 0.717) is 39.3 Å². The molecule has 1 aromatic rings. The van der Waals surface area contributed by atoms with Crippen LogP contribution in [0.2, 0.25) is 0 Å². The van der Waals surface area contributed by atoms with E-state index in [-0.39, 0.29) is 31.9 Å². The molecule has 13 heteroatoms. The van der Waals surface area contributed by atoms with E-state index in [0.717, 1.165) is 5.56 Å². The molecule has 1 rings (SSSR count). The van der Waals surface area contributed by atoms with Crippen LogP contribution in [0.4, 0.5) is 5.69 Å². The first-order chi connectivity index (χ1) is 15.2. The van der Waals surface area contributed by atoms with Gasteiger partial charge in [0.05, 0.1) is 24.6 Å². The molecule has 0 fully saturated rings. The van der Waals surface area contributed by atoms with Crippen LogP contribution in [-0.4, -0.2) is 107 Å². The predicted octanol–water partition coefficient (Wildman–Crippen LogP) is -0.868. The first kappa shape index (κ1) is 26.9. The number of aliphatic carboxylic acids is 3. The topological polar surface area (TPSA) is 186 Å². The maximum Gasteiger partial charge on any atom is 0.317 e. The third-order valence-corrected chi connectivity index (χ3v) is 4.41. The zero-order chi connectivity index (χ0) is 23.9. The fourth-order valence-electron chi connectivity index (χ4n) is 2.84. The lowest BCUT2D eigenvalue weighted by molar-refractivity contribution is -0.384. The second kappa shape index (κ2) is 14.8. The Hall–Kier alpha value is -3.13. The molecule has 1 aromatic carbocycles. The summed E-state index contributed by atoms with van der Waals surface area (Å²) in [5.74, 6) is -3.05. The summed E-state index contributed by atoms with van der Waals surface area (Å²) in [5, 5.41) is 43.3. The summed E-state index contributed by atoms with van der Waals surface area (Å²) in [6.07, 6.45) is 0. The van der Waals surface area contributed by atoms with Crippen LogP contribution in [0.15, 0.2) is 24.3 Å². The maximum absolute atomic E-state index is 11.2. The molecule has 13 nitrogen and oxygen atoms in total. The van der Waals surface area contributed by atoms with Crippen LogP contribution in [0.3, 0.4) is 0 Å². The summed E-state index contributed by atoms with van der Waals surface area (Å²) in [4.78, 5) is 46.2. The third-order valence-electron chi connectivity index (χ3n) is 4.41. The van der Waals surface area contributed by atoms with Crippen LogP contribution in [0.1, 0.15) is 5.56 Å². The van der Waals surface area contributed by atoms with Crippen molar-refractivity contribution in [1.82, 2.24) is 20.4 Å². The van der Waals surface area contributed by atoms with Crippen molar-refractivity contribution in [3.63, 3.8) is 0 Å². The van der Waals surface area contributed by atoms with Crippen molar-refractivity contribution in [2.75, 3.05) is 58.9 Å². The van der Waals surface area contributed by atoms with E-state index in [4.69, 9.17) is 15.3 Å². The molecule has 0 aliphatic heterocycles. The number of non-ortho nitro benzene ring substituents is 1. The van der Waals surface area contributed by atoms with Crippen molar-refractivity contribution < 1.29 is 34.6 Å². The minimum absolute atomic E-state index is 0.00505. The molecular weight excluding hydrogens is 426 g/mol. The SMILES string of the molecule is O=C(O)CNCCN(CCN(CCNCc1ccc([N+](=O)[O-])cc1)CC(=O)O)CC(=O)O. The van der Waals surface area contributed by atoms with Crippen molar-refractivity contribution in [3.05, 3.63) is 39.9 Å². The monoisotopic (exact) mass is 455 g/mol. The first-order valence-electron chi connectivity index (χ1n) is 9.92.